The van der Waals surface area contributed by atoms with Crippen LogP contribution < -0.4 is 25.5 Å². The highest BCUT2D eigenvalue weighted by molar-refractivity contribution is 14.1. The maximum absolute atomic E-state index is 12.2. The van der Waals surface area contributed by atoms with Crippen molar-refractivity contribution in [3.8, 4) is 11.5 Å². The lowest BCUT2D eigenvalue weighted by atomic mass is 10.2. The lowest BCUT2D eigenvalue weighted by Crippen LogP contribution is -2.38. The quantitative estimate of drug-likeness (QED) is 0.195. The molecule has 3 N–H and O–H groups in total. The number of rotatable bonds is 8. The van der Waals surface area contributed by atoms with E-state index >= 15 is 0 Å². The summed E-state index contributed by atoms with van der Waals surface area (Å²) in [6, 6.07) is 10.3. The normalized spacial score (nSPS) is 12.8. The zero-order chi connectivity index (χ0) is 23.1. The summed E-state index contributed by atoms with van der Waals surface area (Å²) in [4.78, 5) is 35.5. The minimum absolute atomic E-state index is 0.0855. The molecular weight excluding hydrogens is 551 g/mol. The number of nitrogens with zero attached hydrogens (tertiary/aromatic N) is 1. The van der Waals surface area contributed by atoms with Gasteiger partial charge in [0.15, 0.2) is 18.1 Å². The number of nitrogens with one attached hydrogen (secondary N) is 3. The fraction of sp³-hybridized carbons (Fsp3) is 0.238. The molecule has 0 heterocycles. The first-order chi connectivity index (χ1) is 15.4. The van der Waals surface area contributed by atoms with E-state index in [2.05, 4.69) is 21.2 Å². The molecule has 0 radical (unpaired) electrons. The predicted molar refractivity (Wildman–Crippen MR) is 128 cm³/mol. The lowest BCUT2D eigenvalue weighted by molar-refractivity contribution is -0.139. The van der Waals surface area contributed by atoms with Crippen molar-refractivity contribution in [2.75, 3.05) is 19.0 Å². The van der Waals surface area contributed by atoms with Gasteiger partial charge < -0.3 is 20.1 Å². The lowest BCUT2D eigenvalue weighted by Gasteiger charge is -2.14. The molecule has 2 aromatic rings. The first-order valence-electron chi connectivity index (χ1n) is 9.56. The van der Waals surface area contributed by atoms with E-state index in [0.717, 1.165) is 12.8 Å². The molecule has 9 nitrogen and oxygen atoms in total. The molecule has 1 aliphatic rings. The fourth-order valence-corrected chi connectivity index (χ4v) is 3.50. The average molecular weight is 571 g/mol. The van der Waals surface area contributed by atoms with Gasteiger partial charge in [-0.05, 0) is 65.3 Å². The highest BCUT2D eigenvalue weighted by atomic mass is 127. The molecule has 2 aromatic carbocycles. The van der Waals surface area contributed by atoms with Crippen molar-refractivity contribution in [2.24, 2.45) is 5.10 Å². The molecule has 0 bridgehead atoms. The van der Waals surface area contributed by atoms with Gasteiger partial charge in [0.1, 0.15) is 0 Å². The highest BCUT2D eigenvalue weighted by Crippen LogP contribution is 2.33. The second-order valence-corrected chi connectivity index (χ2v) is 8.37. The smallest absolute Gasteiger partial charge is 0.329 e. The number of anilines is 1. The zero-order valence-electron chi connectivity index (χ0n) is 17.0. The Labute approximate surface area is 203 Å². The van der Waals surface area contributed by atoms with E-state index in [-0.39, 0.29) is 18.6 Å². The number of hydrogen-bond acceptors (Lipinski definition) is 6. The van der Waals surface area contributed by atoms with Crippen LogP contribution in [0.2, 0.25) is 5.02 Å². The van der Waals surface area contributed by atoms with Crippen LogP contribution in [0, 0.1) is 3.57 Å². The minimum Gasteiger partial charge on any atom is -0.493 e. The fourth-order valence-electron chi connectivity index (χ4n) is 2.54. The van der Waals surface area contributed by atoms with Crippen molar-refractivity contribution in [1.82, 2.24) is 10.7 Å². The molecule has 1 aliphatic carbocycles. The summed E-state index contributed by atoms with van der Waals surface area (Å²) >= 11 is 8.08. The largest absolute Gasteiger partial charge is 0.493 e. The summed E-state index contributed by atoms with van der Waals surface area (Å²) in [6.45, 7) is -0.253. The van der Waals surface area contributed by atoms with Gasteiger partial charge in [-0.15, -0.1) is 0 Å². The number of hydrogen-bond donors (Lipinski definition) is 3. The average Bonchev–Trinajstić information content (AvgIpc) is 3.58. The van der Waals surface area contributed by atoms with Crippen LogP contribution in [-0.2, 0) is 14.4 Å². The van der Waals surface area contributed by atoms with Gasteiger partial charge in [-0.25, -0.2) is 5.43 Å². The summed E-state index contributed by atoms with van der Waals surface area (Å²) in [5.74, 6) is -1.17. The Morgan fingerprint density at radius 1 is 1.22 bits per heavy atom. The third-order valence-corrected chi connectivity index (χ3v) is 5.38. The number of para-hydroxylation sites is 1. The SMILES string of the molecule is COc1cc(/C=N\NC(=O)C(=O)NC2CC2)cc(I)c1OCC(=O)Nc1ccccc1Cl. The molecule has 1 fully saturated rings. The first kappa shape index (κ1) is 23.8. The van der Waals surface area contributed by atoms with Gasteiger partial charge in [0.25, 0.3) is 5.91 Å². The number of benzene rings is 2. The van der Waals surface area contributed by atoms with Crippen LogP contribution in [0.15, 0.2) is 41.5 Å². The number of amides is 3. The maximum Gasteiger partial charge on any atom is 0.329 e. The number of halogens is 2. The number of hydrazone groups is 1. The van der Waals surface area contributed by atoms with Crippen molar-refractivity contribution in [3.05, 3.63) is 50.6 Å². The van der Waals surface area contributed by atoms with Crippen LogP contribution >= 0.6 is 34.2 Å². The Bertz CT molecular complexity index is 1060. The van der Waals surface area contributed by atoms with Crippen LogP contribution in [0.25, 0.3) is 0 Å². The number of methoxy groups -OCH3 is 1. The van der Waals surface area contributed by atoms with Crippen molar-refractivity contribution >= 4 is 63.8 Å². The molecule has 11 heteroatoms. The van der Waals surface area contributed by atoms with Gasteiger partial charge in [0.05, 0.1) is 27.6 Å². The maximum atomic E-state index is 12.2. The number of carbonyl (C=O) groups is 3. The zero-order valence-corrected chi connectivity index (χ0v) is 19.9. The standard InChI is InChI=1S/C21H20ClIN4O5/c1-31-17-9-12(10-24-27-21(30)20(29)25-13-6-7-13)8-15(23)19(17)32-11-18(28)26-16-5-3-2-4-14(16)22/h2-5,8-10,13H,6-7,11H2,1H3,(H,25,29)(H,26,28)(H,27,30)/b24-10-. The molecule has 0 aliphatic heterocycles. The molecular formula is C21H20ClIN4O5. The van der Waals surface area contributed by atoms with Crippen molar-refractivity contribution in [2.45, 2.75) is 18.9 Å². The van der Waals surface area contributed by atoms with Gasteiger partial charge >= 0.3 is 11.8 Å². The number of ether oxygens (including phenoxy) is 2. The van der Waals surface area contributed by atoms with E-state index in [1.54, 1.807) is 36.4 Å². The van der Waals surface area contributed by atoms with Crippen LogP contribution in [0.3, 0.4) is 0 Å². The summed E-state index contributed by atoms with van der Waals surface area (Å²) < 4.78 is 11.7. The van der Waals surface area contributed by atoms with Crippen LogP contribution in [0.5, 0.6) is 11.5 Å². The van der Waals surface area contributed by atoms with Gasteiger partial charge in [0.2, 0.25) is 0 Å². The monoisotopic (exact) mass is 570 g/mol. The van der Waals surface area contributed by atoms with Crippen molar-refractivity contribution < 1.29 is 23.9 Å². The van der Waals surface area contributed by atoms with Gasteiger partial charge in [-0.1, -0.05) is 23.7 Å². The van der Waals surface area contributed by atoms with Gasteiger partial charge in [0, 0.05) is 6.04 Å². The first-order valence-corrected chi connectivity index (χ1v) is 11.0. The molecule has 0 unspecified atom stereocenters. The summed E-state index contributed by atoms with van der Waals surface area (Å²) in [5.41, 5.74) is 3.27. The van der Waals surface area contributed by atoms with Crippen LogP contribution in [-0.4, -0.2) is 43.7 Å². The van der Waals surface area contributed by atoms with Crippen molar-refractivity contribution in [1.29, 1.82) is 0 Å². The summed E-state index contributed by atoms with van der Waals surface area (Å²) in [5, 5.41) is 9.48. The van der Waals surface area contributed by atoms with E-state index < -0.39 is 11.8 Å². The Balaban J connectivity index is 1.59. The van der Waals surface area contributed by atoms with E-state index in [1.165, 1.54) is 13.3 Å². The molecule has 3 rings (SSSR count). The Kier molecular flexibility index (Phi) is 8.28. The minimum atomic E-state index is -0.834. The third-order valence-electron chi connectivity index (χ3n) is 4.25. The second-order valence-electron chi connectivity index (χ2n) is 6.80. The number of carbonyl (C=O) groups excluding carboxylic acids is 3. The predicted octanol–water partition coefficient (Wildman–Crippen LogP) is 2.70. The summed E-state index contributed by atoms with van der Waals surface area (Å²) in [7, 11) is 1.47. The molecule has 1 saturated carbocycles. The summed E-state index contributed by atoms with van der Waals surface area (Å²) in [6.07, 6.45) is 3.15. The van der Waals surface area contributed by atoms with E-state index in [0.29, 0.717) is 31.3 Å². The molecule has 168 valence electrons. The molecule has 3 amide bonds. The van der Waals surface area contributed by atoms with Gasteiger partial charge in [-0.3, -0.25) is 14.4 Å². The van der Waals surface area contributed by atoms with Crippen molar-refractivity contribution in [3.63, 3.8) is 0 Å². The molecule has 0 spiro atoms. The topological polar surface area (TPSA) is 118 Å². The second kappa shape index (κ2) is 11.1. The van der Waals surface area contributed by atoms with Crippen LogP contribution in [0.1, 0.15) is 18.4 Å². The molecule has 0 saturated heterocycles. The molecule has 0 aromatic heterocycles. The third kappa shape index (κ3) is 6.82. The highest BCUT2D eigenvalue weighted by Gasteiger charge is 2.26. The molecule has 0 atom stereocenters. The molecule has 32 heavy (non-hydrogen) atoms. The van der Waals surface area contributed by atoms with E-state index in [1.807, 2.05) is 22.6 Å². The van der Waals surface area contributed by atoms with Crippen LogP contribution in [0.4, 0.5) is 5.69 Å². The van der Waals surface area contributed by atoms with E-state index in [4.69, 9.17) is 21.1 Å². The van der Waals surface area contributed by atoms with Gasteiger partial charge in [-0.2, -0.15) is 5.10 Å². The Hall–Kier alpha value is -2.86. The van der Waals surface area contributed by atoms with E-state index in [9.17, 15) is 14.4 Å². The Morgan fingerprint density at radius 2 is 1.97 bits per heavy atom. The Morgan fingerprint density at radius 3 is 2.66 bits per heavy atom.